The molecular weight excluding hydrogens is 312 g/mol. The Morgan fingerprint density at radius 2 is 2.00 bits per heavy atom. The predicted molar refractivity (Wildman–Crippen MR) is 88.2 cm³/mol. The molecule has 1 saturated heterocycles. The lowest BCUT2D eigenvalue weighted by Gasteiger charge is -2.27. The van der Waals surface area contributed by atoms with E-state index in [4.69, 9.17) is 16.9 Å². The zero-order valence-electron chi connectivity index (χ0n) is 12.3. The minimum Gasteiger partial charge on any atom is -0.390 e. The van der Waals surface area contributed by atoms with E-state index in [1.165, 1.54) is 0 Å². The van der Waals surface area contributed by atoms with Gasteiger partial charge in [-0.1, -0.05) is 41.9 Å². The molecule has 5 heteroatoms. The summed E-state index contributed by atoms with van der Waals surface area (Å²) in [5, 5.41) is 19.5. The van der Waals surface area contributed by atoms with E-state index in [-0.39, 0.29) is 18.4 Å². The van der Waals surface area contributed by atoms with Gasteiger partial charge in [-0.3, -0.25) is 4.79 Å². The van der Waals surface area contributed by atoms with Crippen LogP contribution in [-0.2, 0) is 11.2 Å². The molecule has 3 rings (SSSR count). The maximum absolute atomic E-state index is 12.3. The Morgan fingerprint density at radius 3 is 2.65 bits per heavy atom. The van der Waals surface area contributed by atoms with Crippen molar-refractivity contribution >= 4 is 23.2 Å². The monoisotopic (exact) mass is 326 g/mol. The second-order valence-corrected chi connectivity index (χ2v) is 5.98. The summed E-state index contributed by atoms with van der Waals surface area (Å²) in [5.74, 6) is -0.140. The normalized spacial score (nSPS) is 20.6. The number of aliphatic hydroxyl groups is 1. The molecule has 1 aliphatic heterocycles. The molecule has 0 aliphatic carbocycles. The van der Waals surface area contributed by atoms with Crippen LogP contribution in [0, 0.1) is 11.3 Å². The van der Waals surface area contributed by atoms with E-state index in [1.807, 2.05) is 36.4 Å². The van der Waals surface area contributed by atoms with E-state index in [9.17, 15) is 9.90 Å². The SMILES string of the molecule is N#Cc1ccc(N2C(=O)C[C@H](O)[C@@H]2Cc2ccccc2)cc1Cl. The summed E-state index contributed by atoms with van der Waals surface area (Å²) < 4.78 is 0. The number of anilines is 1. The fraction of sp³-hybridized carbons (Fsp3) is 0.222. The number of carbonyl (C=O) groups excluding carboxylic acids is 1. The smallest absolute Gasteiger partial charge is 0.230 e. The van der Waals surface area contributed by atoms with Crippen molar-refractivity contribution in [3.05, 3.63) is 64.7 Å². The third-order valence-corrected chi connectivity index (χ3v) is 4.38. The van der Waals surface area contributed by atoms with Crippen LogP contribution >= 0.6 is 11.6 Å². The fourth-order valence-electron chi connectivity index (χ4n) is 2.93. The van der Waals surface area contributed by atoms with Crippen molar-refractivity contribution in [3.8, 4) is 6.07 Å². The van der Waals surface area contributed by atoms with E-state index >= 15 is 0 Å². The summed E-state index contributed by atoms with van der Waals surface area (Å²) >= 11 is 6.08. The van der Waals surface area contributed by atoms with E-state index in [2.05, 4.69) is 0 Å². The molecule has 1 heterocycles. The van der Waals surface area contributed by atoms with Crippen molar-refractivity contribution in [1.29, 1.82) is 5.26 Å². The van der Waals surface area contributed by atoms with E-state index < -0.39 is 6.10 Å². The Kier molecular flexibility index (Phi) is 4.33. The lowest BCUT2D eigenvalue weighted by molar-refractivity contribution is -0.117. The highest BCUT2D eigenvalue weighted by molar-refractivity contribution is 6.32. The van der Waals surface area contributed by atoms with Gasteiger partial charge in [-0.05, 0) is 30.2 Å². The molecule has 0 bridgehead atoms. The number of benzene rings is 2. The summed E-state index contributed by atoms with van der Waals surface area (Å²) in [7, 11) is 0. The molecule has 0 unspecified atom stereocenters. The van der Waals surface area contributed by atoms with E-state index in [0.717, 1.165) is 5.56 Å². The summed E-state index contributed by atoms with van der Waals surface area (Å²) in [6.45, 7) is 0. The topological polar surface area (TPSA) is 64.3 Å². The number of hydrogen-bond acceptors (Lipinski definition) is 3. The van der Waals surface area contributed by atoms with Crippen LogP contribution in [0.1, 0.15) is 17.5 Å². The molecule has 0 saturated carbocycles. The van der Waals surface area contributed by atoms with Crippen molar-refractivity contribution < 1.29 is 9.90 Å². The minimum absolute atomic E-state index is 0.0924. The van der Waals surface area contributed by atoms with E-state index in [0.29, 0.717) is 22.7 Å². The number of rotatable bonds is 3. The lowest BCUT2D eigenvalue weighted by Crippen LogP contribution is -2.38. The van der Waals surface area contributed by atoms with Crippen LogP contribution in [0.4, 0.5) is 5.69 Å². The zero-order valence-corrected chi connectivity index (χ0v) is 13.1. The van der Waals surface area contributed by atoms with Crippen LogP contribution in [0.15, 0.2) is 48.5 Å². The molecule has 1 aliphatic rings. The van der Waals surface area contributed by atoms with Gasteiger partial charge in [0.05, 0.1) is 29.2 Å². The highest BCUT2D eigenvalue weighted by Crippen LogP contribution is 2.31. The van der Waals surface area contributed by atoms with Gasteiger partial charge in [0, 0.05) is 5.69 Å². The average Bonchev–Trinajstić information content (AvgIpc) is 2.82. The molecule has 2 atom stereocenters. The van der Waals surface area contributed by atoms with Gasteiger partial charge >= 0.3 is 0 Å². The average molecular weight is 327 g/mol. The summed E-state index contributed by atoms with van der Waals surface area (Å²) in [5.41, 5.74) is 2.02. The second kappa shape index (κ2) is 6.41. The Hall–Kier alpha value is -2.35. The van der Waals surface area contributed by atoms with Gasteiger partial charge in [-0.25, -0.2) is 0 Å². The van der Waals surface area contributed by atoms with Crippen LogP contribution < -0.4 is 4.90 Å². The van der Waals surface area contributed by atoms with Gasteiger partial charge < -0.3 is 10.0 Å². The van der Waals surface area contributed by atoms with Gasteiger partial charge in [0.15, 0.2) is 0 Å². The largest absolute Gasteiger partial charge is 0.390 e. The molecule has 0 aromatic heterocycles. The van der Waals surface area contributed by atoms with Crippen molar-refractivity contribution in [2.24, 2.45) is 0 Å². The molecular formula is C18H15ClN2O2. The van der Waals surface area contributed by atoms with Crippen LogP contribution in [0.5, 0.6) is 0 Å². The molecule has 2 aromatic carbocycles. The predicted octanol–water partition coefficient (Wildman–Crippen LogP) is 2.92. The first-order valence-corrected chi connectivity index (χ1v) is 7.71. The standard InChI is InChI=1S/C18H15ClN2O2/c19-15-9-14(7-6-13(15)11-20)21-16(17(22)10-18(21)23)8-12-4-2-1-3-5-12/h1-7,9,16-17,22H,8,10H2/t16-,17-/m0/s1. The van der Waals surface area contributed by atoms with Crippen LogP contribution in [-0.4, -0.2) is 23.2 Å². The fourth-order valence-corrected chi connectivity index (χ4v) is 3.15. The zero-order chi connectivity index (χ0) is 16.4. The third-order valence-electron chi connectivity index (χ3n) is 4.07. The van der Waals surface area contributed by atoms with Gasteiger partial charge in [0.2, 0.25) is 5.91 Å². The molecule has 1 amide bonds. The number of hydrogen-bond donors (Lipinski definition) is 1. The number of nitriles is 1. The van der Waals surface area contributed by atoms with Crippen molar-refractivity contribution in [3.63, 3.8) is 0 Å². The van der Waals surface area contributed by atoms with Gasteiger partial charge in [-0.2, -0.15) is 5.26 Å². The maximum Gasteiger partial charge on any atom is 0.230 e. The minimum atomic E-state index is -0.725. The van der Waals surface area contributed by atoms with Gasteiger partial charge in [0.1, 0.15) is 6.07 Å². The summed E-state index contributed by atoms with van der Waals surface area (Å²) in [6, 6.07) is 16.3. The number of amides is 1. The highest BCUT2D eigenvalue weighted by atomic mass is 35.5. The Labute approximate surface area is 139 Å². The third kappa shape index (κ3) is 3.07. The summed E-state index contributed by atoms with van der Waals surface area (Å²) in [6.07, 6.45) is -0.0716. The van der Waals surface area contributed by atoms with Crippen LogP contribution in [0.2, 0.25) is 5.02 Å². The molecule has 2 aromatic rings. The van der Waals surface area contributed by atoms with Crippen LogP contribution in [0.25, 0.3) is 0 Å². The second-order valence-electron chi connectivity index (χ2n) is 5.57. The number of halogens is 1. The molecule has 0 radical (unpaired) electrons. The molecule has 1 fully saturated rings. The first kappa shape index (κ1) is 15.5. The Bertz CT molecular complexity index is 770. The number of aliphatic hydroxyl groups excluding tert-OH is 1. The van der Waals surface area contributed by atoms with E-state index in [1.54, 1.807) is 23.1 Å². The molecule has 0 spiro atoms. The lowest BCUT2D eigenvalue weighted by atomic mass is 10.0. The molecule has 116 valence electrons. The quantitative estimate of drug-likeness (QED) is 0.943. The Morgan fingerprint density at radius 1 is 1.26 bits per heavy atom. The summed E-state index contributed by atoms with van der Waals surface area (Å²) in [4.78, 5) is 13.9. The van der Waals surface area contributed by atoms with Crippen LogP contribution in [0.3, 0.4) is 0 Å². The molecule has 1 N–H and O–H groups in total. The Balaban J connectivity index is 1.93. The van der Waals surface area contributed by atoms with Crippen molar-refractivity contribution in [2.75, 3.05) is 4.90 Å². The number of carbonyl (C=O) groups is 1. The molecule has 23 heavy (non-hydrogen) atoms. The van der Waals surface area contributed by atoms with Crippen molar-refractivity contribution in [2.45, 2.75) is 25.0 Å². The number of nitrogens with zero attached hydrogens (tertiary/aromatic N) is 2. The van der Waals surface area contributed by atoms with Gasteiger partial charge in [0.25, 0.3) is 0 Å². The first-order chi connectivity index (χ1) is 11.1. The molecule has 4 nitrogen and oxygen atoms in total. The highest BCUT2D eigenvalue weighted by Gasteiger charge is 2.39. The maximum atomic E-state index is 12.3. The first-order valence-electron chi connectivity index (χ1n) is 7.34. The van der Waals surface area contributed by atoms with Crippen molar-refractivity contribution in [1.82, 2.24) is 0 Å². The van der Waals surface area contributed by atoms with Gasteiger partial charge in [-0.15, -0.1) is 0 Å².